The summed E-state index contributed by atoms with van der Waals surface area (Å²) in [7, 11) is -2.66. The van der Waals surface area contributed by atoms with Crippen LogP contribution in [0.3, 0.4) is 0 Å². The number of esters is 1. The van der Waals surface area contributed by atoms with Crippen LogP contribution in [0.2, 0.25) is 0 Å². The molecule has 3 aromatic rings. The van der Waals surface area contributed by atoms with Gasteiger partial charge in [0.2, 0.25) is 0 Å². The maximum atomic E-state index is 14.0. The molecule has 0 bridgehead atoms. The molecule has 7 heteroatoms. The molecular formula is C26H24BrNO4S. The Balaban J connectivity index is 1.89. The van der Waals surface area contributed by atoms with Crippen molar-refractivity contribution in [2.24, 2.45) is 0 Å². The first-order valence-corrected chi connectivity index (χ1v) is 12.8. The molecule has 0 amide bonds. The van der Waals surface area contributed by atoms with Gasteiger partial charge in [0.1, 0.15) is 5.92 Å². The summed E-state index contributed by atoms with van der Waals surface area (Å²) in [4.78, 5) is 13.1. The van der Waals surface area contributed by atoms with E-state index in [4.69, 9.17) is 4.74 Å². The fraction of sp³-hybridized carbons (Fsp3) is 0.192. The van der Waals surface area contributed by atoms with Gasteiger partial charge in [-0.15, -0.1) is 0 Å². The number of benzene rings is 3. The van der Waals surface area contributed by atoms with Crippen LogP contribution in [0.25, 0.3) is 0 Å². The van der Waals surface area contributed by atoms with E-state index in [-0.39, 0.29) is 4.90 Å². The largest absolute Gasteiger partial charge is 0.468 e. The summed E-state index contributed by atoms with van der Waals surface area (Å²) in [6, 6.07) is 22.9. The molecule has 170 valence electrons. The van der Waals surface area contributed by atoms with Gasteiger partial charge >= 0.3 is 5.97 Å². The maximum absolute atomic E-state index is 14.0. The second kappa shape index (κ2) is 9.53. The molecule has 4 rings (SSSR count). The minimum Gasteiger partial charge on any atom is -0.468 e. The third-order valence-electron chi connectivity index (χ3n) is 5.80. The Morgan fingerprint density at radius 3 is 2.27 bits per heavy atom. The van der Waals surface area contributed by atoms with E-state index in [9.17, 15) is 13.2 Å². The highest BCUT2D eigenvalue weighted by atomic mass is 79.9. The van der Waals surface area contributed by atoms with Crippen molar-refractivity contribution in [2.75, 3.05) is 7.11 Å². The number of hydrogen-bond donors (Lipinski definition) is 0. The van der Waals surface area contributed by atoms with Crippen molar-refractivity contribution in [2.45, 2.75) is 30.2 Å². The third kappa shape index (κ3) is 4.48. The van der Waals surface area contributed by atoms with Crippen LogP contribution in [-0.4, -0.2) is 25.8 Å². The van der Waals surface area contributed by atoms with Crippen LogP contribution in [0.15, 0.2) is 100 Å². The highest BCUT2D eigenvalue weighted by Crippen LogP contribution is 2.46. The van der Waals surface area contributed by atoms with Gasteiger partial charge in [-0.3, -0.25) is 9.10 Å². The topological polar surface area (TPSA) is 63.7 Å². The van der Waals surface area contributed by atoms with Crippen LogP contribution in [0.1, 0.15) is 35.1 Å². The number of aryl methyl sites for hydroxylation is 1. The summed E-state index contributed by atoms with van der Waals surface area (Å²) >= 11 is 3.57. The van der Waals surface area contributed by atoms with Crippen molar-refractivity contribution in [1.29, 1.82) is 0 Å². The number of ether oxygens (including phenoxy) is 1. The number of sulfonamides is 1. The normalized spacial score (nSPS) is 16.9. The van der Waals surface area contributed by atoms with Gasteiger partial charge in [0.25, 0.3) is 10.0 Å². The van der Waals surface area contributed by atoms with E-state index in [2.05, 4.69) is 15.9 Å². The lowest BCUT2D eigenvalue weighted by atomic mass is 9.96. The van der Waals surface area contributed by atoms with E-state index in [0.717, 1.165) is 15.6 Å². The van der Waals surface area contributed by atoms with Crippen molar-refractivity contribution >= 4 is 31.9 Å². The molecule has 0 aromatic heterocycles. The first-order chi connectivity index (χ1) is 15.8. The van der Waals surface area contributed by atoms with Crippen LogP contribution in [0.5, 0.6) is 0 Å². The van der Waals surface area contributed by atoms with Crippen molar-refractivity contribution in [3.63, 3.8) is 0 Å². The van der Waals surface area contributed by atoms with Crippen molar-refractivity contribution in [3.05, 3.63) is 112 Å². The number of methoxy groups -OCH3 is 1. The molecule has 5 nitrogen and oxygen atoms in total. The maximum Gasteiger partial charge on any atom is 0.319 e. The van der Waals surface area contributed by atoms with Crippen LogP contribution in [0, 0.1) is 6.92 Å². The Labute approximate surface area is 202 Å². The zero-order valence-corrected chi connectivity index (χ0v) is 20.7. The van der Waals surface area contributed by atoms with Gasteiger partial charge in [0, 0.05) is 10.2 Å². The zero-order chi connectivity index (χ0) is 23.6. The molecule has 0 N–H and O–H groups in total. The molecule has 0 aliphatic carbocycles. The lowest BCUT2D eigenvalue weighted by Gasteiger charge is -2.33. The lowest BCUT2D eigenvalue weighted by molar-refractivity contribution is -0.141. The van der Waals surface area contributed by atoms with E-state index < -0.39 is 28.0 Å². The Bertz CT molecular complexity index is 1290. The molecule has 3 aromatic carbocycles. The monoisotopic (exact) mass is 525 g/mol. The van der Waals surface area contributed by atoms with Gasteiger partial charge < -0.3 is 4.74 Å². The summed E-state index contributed by atoms with van der Waals surface area (Å²) in [5.41, 5.74) is 2.86. The second-order valence-electron chi connectivity index (χ2n) is 7.88. The molecule has 1 heterocycles. The lowest BCUT2D eigenvalue weighted by Crippen LogP contribution is -2.35. The van der Waals surface area contributed by atoms with Crippen LogP contribution >= 0.6 is 15.9 Å². The number of rotatable bonds is 6. The van der Waals surface area contributed by atoms with Crippen molar-refractivity contribution < 1.29 is 17.9 Å². The molecule has 1 aliphatic heterocycles. The number of carbonyl (C=O) groups is 1. The predicted molar refractivity (Wildman–Crippen MR) is 131 cm³/mol. The fourth-order valence-corrected chi connectivity index (χ4v) is 6.41. The first kappa shape index (κ1) is 23.3. The Morgan fingerprint density at radius 2 is 1.64 bits per heavy atom. The van der Waals surface area contributed by atoms with Gasteiger partial charge in [0.15, 0.2) is 0 Å². The number of halogens is 1. The Morgan fingerprint density at radius 1 is 1.00 bits per heavy atom. The van der Waals surface area contributed by atoms with E-state index in [1.165, 1.54) is 11.4 Å². The van der Waals surface area contributed by atoms with E-state index in [1.807, 2.05) is 67.6 Å². The molecule has 0 radical (unpaired) electrons. The summed E-state index contributed by atoms with van der Waals surface area (Å²) in [5, 5.41) is 0. The smallest absolute Gasteiger partial charge is 0.319 e. The van der Waals surface area contributed by atoms with Gasteiger partial charge in [-0.05, 0) is 42.7 Å². The van der Waals surface area contributed by atoms with Crippen LogP contribution in [-0.2, 0) is 19.6 Å². The van der Waals surface area contributed by atoms with Crippen LogP contribution < -0.4 is 0 Å². The van der Waals surface area contributed by atoms with Crippen LogP contribution in [0.4, 0.5) is 0 Å². The minimum atomic E-state index is -3.98. The molecule has 0 fully saturated rings. The highest BCUT2D eigenvalue weighted by molar-refractivity contribution is 9.10. The van der Waals surface area contributed by atoms with Gasteiger partial charge in [-0.2, -0.15) is 0 Å². The summed E-state index contributed by atoms with van der Waals surface area (Å²) in [6.07, 6.45) is 2.27. The second-order valence-corrected chi connectivity index (χ2v) is 10.6. The van der Waals surface area contributed by atoms with Crippen molar-refractivity contribution in [1.82, 2.24) is 4.31 Å². The number of nitrogens with zero attached hydrogens (tertiary/aromatic N) is 1. The molecule has 33 heavy (non-hydrogen) atoms. The Hall–Kier alpha value is -2.90. The molecule has 0 saturated heterocycles. The van der Waals surface area contributed by atoms with Crippen molar-refractivity contribution in [3.8, 4) is 0 Å². The first-order valence-electron chi connectivity index (χ1n) is 10.5. The molecule has 0 spiro atoms. The highest BCUT2D eigenvalue weighted by Gasteiger charge is 2.43. The van der Waals surface area contributed by atoms with Gasteiger partial charge in [0.05, 0.1) is 18.0 Å². The van der Waals surface area contributed by atoms with Gasteiger partial charge in [-0.25, -0.2) is 8.42 Å². The standard InChI is InChI=1S/C26H24BrNO4S/c1-18-12-14-20(15-13-18)33(30,31)28-23(21-10-6-7-11-22(21)27)16-17-24(28)25(26(29)32-2)19-8-4-3-5-9-19/h3-15,17,23,25H,16H2,1-2H3/t23-,25-/m0/s1. The Kier molecular flexibility index (Phi) is 6.72. The zero-order valence-electron chi connectivity index (χ0n) is 18.3. The molecule has 0 saturated carbocycles. The number of carbonyl (C=O) groups excluding carboxylic acids is 1. The summed E-state index contributed by atoms with van der Waals surface area (Å²) < 4.78 is 35.4. The molecule has 2 atom stereocenters. The molecule has 0 unspecified atom stereocenters. The van der Waals surface area contributed by atoms with E-state index >= 15 is 0 Å². The summed E-state index contributed by atoms with van der Waals surface area (Å²) in [5.74, 6) is -1.38. The quantitative estimate of drug-likeness (QED) is 0.385. The number of hydrogen-bond acceptors (Lipinski definition) is 4. The SMILES string of the molecule is COC(=O)[C@H](C1=CC[C@@H](c2ccccc2Br)N1S(=O)(=O)c1ccc(C)cc1)c1ccccc1. The third-order valence-corrected chi connectivity index (χ3v) is 8.37. The average Bonchev–Trinajstić information content (AvgIpc) is 3.25. The molecular weight excluding hydrogens is 502 g/mol. The molecule has 1 aliphatic rings. The summed E-state index contributed by atoms with van der Waals surface area (Å²) in [6.45, 7) is 1.91. The average molecular weight is 526 g/mol. The predicted octanol–water partition coefficient (Wildman–Crippen LogP) is 5.73. The minimum absolute atomic E-state index is 0.176. The fourth-order valence-electron chi connectivity index (χ4n) is 4.16. The van der Waals surface area contributed by atoms with E-state index in [0.29, 0.717) is 17.7 Å². The van der Waals surface area contributed by atoms with E-state index in [1.54, 1.807) is 24.3 Å². The van der Waals surface area contributed by atoms with Gasteiger partial charge in [-0.1, -0.05) is 88.2 Å².